The van der Waals surface area contributed by atoms with Gasteiger partial charge in [-0.15, -0.1) is 11.3 Å². The first-order chi connectivity index (χ1) is 11.9. The van der Waals surface area contributed by atoms with E-state index in [1.165, 1.54) is 11.3 Å². The van der Waals surface area contributed by atoms with Crippen molar-refractivity contribution in [1.29, 1.82) is 0 Å². The number of carboxylic acid groups (broad SMARTS) is 1. The van der Waals surface area contributed by atoms with Crippen molar-refractivity contribution in [3.63, 3.8) is 0 Å². The van der Waals surface area contributed by atoms with Crippen LogP contribution in [0, 0.1) is 13.8 Å². The summed E-state index contributed by atoms with van der Waals surface area (Å²) in [6.07, 6.45) is -1.20. The van der Waals surface area contributed by atoms with Crippen LogP contribution in [0.4, 0.5) is 4.79 Å². The van der Waals surface area contributed by atoms with Crippen molar-refractivity contribution in [2.24, 2.45) is 0 Å². The molecule has 0 saturated heterocycles. The second-order valence-corrected chi connectivity index (χ2v) is 7.01. The van der Waals surface area contributed by atoms with Gasteiger partial charge in [0.2, 0.25) is 0 Å². The van der Waals surface area contributed by atoms with Crippen molar-refractivity contribution < 1.29 is 24.2 Å². The number of benzene rings is 1. The Kier molecular flexibility index (Phi) is 6.30. The lowest BCUT2D eigenvalue weighted by molar-refractivity contribution is -0.139. The average molecular weight is 361 g/mol. The highest BCUT2D eigenvalue weighted by Crippen LogP contribution is 2.22. The molecule has 0 spiro atoms. The number of hydrogen-bond acceptors (Lipinski definition) is 5. The van der Waals surface area contributed by atoms with Crippen LogP contribution < -0.4 is 5.32 Å². The first-order valence-corrected chi connectivity index (χ1v) is 8.48. The lowest BCUT2D eigenvalue weighted by atomic mass is 10.0. The quantitative estimate of drug-likeness (QED) is 0.738. The van der Waals surface area contributed by atoms with Crippen molar-refractivity contribution in [2.75, 3.05) is 0 Å². The van der Waals surface area contributed by atoms with Gasteiger partial charge in [0.15, 0.2) is 5.78 Å². The Hall–Kier alpha value is -2.67. The van der Waals surface area contributed by atoms with E-state index in [0.717, 1.165) is 15.3 Å². The predicted molar refractivity (Wildman–Crippen MR) is 93.9 cm³/mol. The first kappa shape index (κ1) is 18.7. The molecule has 0 bridgehead atoms. The fourth-order valence-corrected chi connectivity index (χ4v) is 3.25. The van der Waals surface area contributed by atoms with Gasteiger partial charge in [0.1, 0.15) is 12.6 Å². The van der Waals surface area contributed by atoms with E-state index >= 15 is 0 Å². The van der Waals surface area contributed by atoms with Gasteiger partial charge >= 0.3 is 12.1 Å². The molecule has 0 aliphatic carbocycles. The molecule has 2 aromatic rings. The van der Waals surface area contributed by atoms with Gasteiger partial charge < -0.3 is 15.2 Å². The maximum Gasteiger partial charge on any atom is 0.408 e. The molecule has 6 nitrogen and oxygen atoms in total. The summed E-state index contributed by atoms with van der Waals surface area (Å²) in [6, 6.07) is 9.41. The Morgan fingerprint density at radius 1 is 1.20 bits per heavy atom. The summed E-state index contributed by atoms with van der Waals surface area (Å²) in [4.78, 5) is 37.3. The summed E-state index contributed by atoms with van der Waals surface area (Å²) >= 11 is 1.47. The Bertz CT molecular complexity index is 769. The summed E-state index contributed by atoms with van der Waals surface area (Å²) in [5, 5.41) is 11.5. The molecule has 0 radical (unpaired) electrons. The van der Waals surface area contributed by atoms with Crippen LogP contribution in [0.3, 0.4) is 0 Å². The van der Waals surface area contributed by atoms with Crippen molar-refractivity contribution >= 4 is 29.2 Å². The summed E-state index contributed by atoms with van der Waals surface area (Å²) in [5.41, 5.74) is 1.28. The highest BCUT2D eigenvalue weighted by Gasteiger charge is 2.25. The van der Waals surface area contributed by atoms with E-state index in [2.05, 4.69) is 5.32 Å². The monoisotopic (exact) mass is 361 g/mol. The minimum atomic E-state index is -1.34. The van der Waals surface area contributed by atoms with Gasteiger partial charge in [-0.3, -0.25) is 4.79 Å². The number of Topliss-reactive ketones (excluding diaryl/α,β-unsaturated/α-hetero) is 1. The zero-order valence-electron chi connectivity index (χ0n) is 13.9. The average Bonchev–Trinajstić information content (AvgIpc) is 2.91. The third-order valence-corrected chi connectivity index (χ3v) is 4.50. The molecule has 2 N–H and O–H groups in total. The maximum atomic E-state index is 12.3. The zero-order valence-corrected chi connectivity index (χ0v) is 14.8. The number of nitrogens with one attached hydrogen (secondary N) is 1. The van der Waals surface area contributed by atoms with E-state index in [-0.39, 0.29) is 18.8 Å². The van der Waals surface area contributed by atoms with Crippen molar-refractivity contribution in [2.45, 2.75) is 32.9 Å². The summed E-state index contributed by atoms with van der Waals surface area (Å²) < 4.78 is 5.00. The zero-order chi connectivity index (χ0) is 18.4. The van der Waals surface area contributed by atoms with Crippen LogP contribution in [0.2, 0.25) is 0 Å². The van der Waals surface area contributed by atoms with Gasteiger partial charge in [0.25, 0.3) is 0 Å². The van der Waals surface area contributed by atoms with E-state index in [4.69, 9.17) is 4.74 Å². The molecule has 0 fully saturated rings. The molecule has 1 unspecified atom stereocenters. The van der Waals surface area contributed by atoms with Gasteiger partial charge in [0.05, 0.1) is 0 Å². The molecular formula is C18H19NO5S. The van der Waals surface area contributed by atoms with Gasteiger partial charge in [0, 0.05) is 21.7 Å². The number of hydrogen-bond donors (Lipinski definition) is 2. The molecule has 1 heterocycles. The van der Waals surface area contributed by atoms with Crippen LogP contribution >= 0.6 is 11.3 Å². The normalized spacial score (nSPS) is 11.6. The van der Waals surface area contributed by atoms with Crippen LogP contribution in [-0.2, 0) is 16.1 Å². The number of rotatable bonds is 7. The fraction of sp³-hybridized carbons (Fsp3) is 0.278. The first-order valence-electron chi connectivity index (χ1n) is 7.67. The number of thiophene rings is 1. The van der Waals surface area contributed by atoms with E-state index < -0.39 is 18.1 Å². The van der Waals surface area contributed by atoms with E-state index in [1.54, 1.807) is 30.3 Å². The predicted octanol–water partition coefficient (Wildman–Crippen LogP) is 3.32. The summed E-state index contributed by atoms with van der Waals surface area (Å²) in [6.45, 7) is 3.71. The lowest BCUT2D eigenvalue weighted by Crippen LogP contribution is -2.42. The van der Waals surface area contributed by atoms with Crippen LogP contribution in [0.15, 0.2) is 36.4 Å². The fourth-order valence-electron chi connectivity index (χ4n) is 2.31. The number of amides is 1. The molecule has 132 valence electrons. The number of ketones is 1. The Morgan fingerprint density at radius 3 is 2.44 bits per heavy atom. The number of aliphatic carboxylic acids is 1. The topological polar surface area (TPSA) is 92.7 Å². The lowest BCUT2D eigenvalue weighted by Gasteiger charge is -2.14. The molecule has 1 amide bonds. The molecular weight excluding hydrogens is 342 g/mol. The van der Waals surface area contributed by atoms with Gasteiger partial charge in [-0.25, -0.2) is 9.59 Å². The summed E-state index contributed by atoms with van der Waals surface area (Å²) in [7, 11) is 0. The standard InChI is InChI=1S/C18H19NO5S/c1-11-8-14(12(2)25-11)16(20)9-15(17(21)22)19-18(23)24-10-13-6-4-3-5-7-13/h3-8,15H,9-10H2,1-2H3,(H,19,23)(H,21,22). The molecule has 2 rings (SSSR count). The number of aryl methyl sites for hydroxylation is 2. The molecule has 1 atom stereocenters. The molecule has 1 aromatic heterocycles. The van der Waals surface area contributed by atoms with Crippen LogP contribution in [-0.4, -0.2) is 29.0 Å². The molecule has 0 aliphatic rings. The SMILES string of the molecule is Cc1cc(C(=O)CC(NC(=O)OCc2ccccc2)C(=O)O)c(C)s1. The van der Waals surface area contributed by atoms with E-state index in [0.29, 0.717) is 5.56 Å². The third kappa shape index (κ3) is 5.42. The smallest absolute Gasteiger partial charge is 0.408 e. The molecule has 0 aliphatic heterocycles. The van der Waals surface area contributed by atoms with E-state index in [9.17, 15) is 19.5 Å². The Labute approximate surface area is 149 Å². The molecule has 25 heavy (non-hydrogen) atoms. The maximum absolute atomic E-state index is 12.3. The number of carboxylic acids is 1. The second-order valence-electron chi connectivity index (χ2n) is 5.55. The number of alkyl carbamates (subject to hydrolysis) is 1. The van der Waals surface area contributed by atoms with Crippen LogP contribution in [0.5, 0.6) is 0 Å². The van der Waals surface area contributed by atoms with Gasteiger partial charge in [-0.2, -0.15) is 0 Å². The van der Waals surface area contributed by atoms with E-state index in [1.807, 2.05) is 19.9 Å². The minimum Gasteiger partial charge on any atom is -0.480 e. The number of carbonyl (C=O) groups is 3. The Morgan fingerprint density at radius 2 is 1.88 bits per heavy atom. The van der Waals surface area contributed by atoms with Crippen molar-refractivity contribution in [3.05, 3.63) is 57.3 Å². The highest BCUT2D eigenvalue weighted by atomic mass is 32.1. The van der Waals surface area contributed by atoms with Gasteiger partial charge in [-0.1, -0.05) is 30.3 Å². The third-order valence-electron chi connectivity index (χ3n) is 3.53. The van der Waals surface area contributed by atoms with Crippen molar-refractivity contribution in [3.8, 4) is 0 Å². The van der Waals surface area contributed by atoms with Crippen molar-refractivity contribution in [1.82, 2.24) is 5.32 Å². The summed E-state index contributed by atoms with van der Waals surface area (Å²) in [5.74, 6) is -1.60. The molecule has 0 saturated carbocycles. The van der Waals surface area contributed by atoms with Gasteiger partial charge in [-0.05, 0) is 25.5 Å². The second kappa shape index (κ2) is 8.43. The minimum absolute atomic E-state index is 0.0236. The Balaban J connectivity index is 1.93. The highest BCUT2D eigenvalue weighted by molar-refractivity contribution is 7.12. The van der Waals surface area contributed by atoms with Crippen LogP contribution in [0.1, 0.15) is 32.1 Å². The van der Waals surface area contributed by atoms with Crippen LogP contribution in [0.25, 0.3) is 0 Å². The molecule has 1 aromatic carbocycles. The molecule has 7 heteroatoms. The number of carbonyl (C=O) groups excluding carboxylic acids is 2. The number of ether oxygens (including phenoxy) is 1. The largest absolute Gasteiger partial charge is 0.480 e.